The molecule has 1 aliphatic rings. The van der Waals surface area contributed by atoms with E-state index in [0.717, 1.165) is 43.0 Å². The summed E-state index contributed by atoms with van der Waals surface area (Å²) < 4.78 is 12.9. The zero-order valence-electron chi connectivity index (χ0n) is 11.8. The highest BCUT2D eigenvalue weighted by Crippen LogP contribution is 2.28. The van der Waals surface area contributed by atoms with Crippen LogP contribution in [0, 0.1) is 11.7 Å². The summed E-state index contributed by atoms with van der Waals surface area (Å²) >= 11 is 1.71. The lowest BCUT2D eigenvalue weighted by Crippen LogP contribution is -2.36. The van der Waals surface area contributed by atoms with E-state index in [1.807, 2.05) is 6.07 Å². The summed E-state index contributed by atoms with van der Waals surface area (Å²) in [7, 11) is 0. The predicted molar refractivity (Wildman–Crippen MR) is 82.6 cm³/mol. The minimum absolute atomic E-state index is 0.283. The highest BCUT2D eigenvalue weighted by molar-refractivity contribution is 7.15. The van der Waals surface area contributed by atoms with E-state index in [2.05, 4.69) is 16.0 Å². The average molecular weight is 306 g/mol. The quantitative estimate of drug-likeness (QED) is 0.942. The number of pyridine rings is 1. The summed E-state index contributed by atoms with van der Waals surface area (Å²) in [5, 5.41) is 9.29. The maximum atomic E-state index is 12.9. The molecule has 5 heteroatoms. The standard InChI is InChI=1S/C16H19FN2OS/c17-13-3-5-15(18-8-13)16-6-4-14(21-16)10-19-7-1-2-12(9-19)11-20/h3-6,8,12,20H,1-2,7,9-11H2. The van der Waals surface area contributed by atoms with Crippen LogP contribution in [0.15, 0.2) is 30.5 Å². The Morgan fingerprint density at radius 1 is 1.33 bits per heavy atom. The Balaban J connectivity index is 1.66. The summed E-state index contributed by atoms with van der Waals surface area (Å²) in [6, 6.07) is 7.33. The van der Waals surface area contributed by atoms with Crippen LogP contribution in [0.1, 0.15) is 17.7 Å². The van der Waals surface area contributed by atoms with Crippen molar-refractivity contribution in [2.24, 2.45) is 5.92 Å². The molecule has 1 saturated heterocycles. The molecule has 1 atom stereocenters. The number of likely N-dealkylation sites (tertiary alicyclic amines) is 1. The Hall–Kier alpha value is -1.30. The van der Waals surface area contributed by atoms with Crippen LogP contribution in [0.4, 0.5) is 4.39 Å². The molecule has 112 valence electrons. The topological polar surface area (TPSA) is 36.4 Å². The predicted octanol–water partition coefficient (Wildman–Crippen LogP) is 3.15. The summed E-state index contributed by atoms with van der Waals surface area (Å²) in [6.07, 6.45) is 3.54. The molecule has 3 heterocycles. The SMILES string of the molecule is OCC1CCCN(Cc2ccc(-c3ccc(F)cn3)s2)C1. The van der Waals surface area contributed by atoms with Gasteiger partial charge in [-0.25, -0.2) is 4.39 Å². The fourth-order valence-corrected chi connectivity index (χ4v) is 3.81. The second-order valence-corrected chi connectivity index (χ2v) is 6.72. The number of aliphatic hydroxyl groups is 1. The molecule has 0 spiro atoms. The number of hydrogen-bond donors (Lipinski definition) is 1. The van der Waals surface area contributed by atoms with Crippen molar-refractivity contribution in [2.75, 3.05) is 19.7 Å². The molecule has 21 heavy (non-hydrogen) atoms. The first-order chi connectivity index (χ1) is 10.2. The van der Waals surface area contributed by atoms with E-state index >= 15 is 0 Å². The van der Waals surface area contributed by atoms with Gasteiger partial charge in [0.1, 0.15) is 5.82 Å². The van der Waals surface area contributed by atoms with Crippen LogP contribution in [-0.2, 0) is 6.54 Å². The molecule has 3 rings (SSSR count). The van der Waals surface area contributed by atoms with Crippen LogP contribution in [0.3, 0.4) is 0 Å². The molecule has 0 amide bonds. The molecule has 0 aromatic carbocycles. The van der Waals surface area contributed by atoms with Crippen LogP contribution in [0.2, 0.25) is 0 Å². The lowest BCUT2D eigenvalue weighted by molar-refractivity contribution is 0.116. The lowest BCUT2D eigenvalue weighted by atomic mass is 9.99. The highest BCUT2D eigenvalue weighted by atomic mass is 32.1. The molecular formula is C16H19FN2OS. The van der Waals surface area contributed by atoms with E-state index in [-0.39, 0.29) is 12.4 Å². The van der Waals surface area contributed by atoms with Gasteiger partial charge in [0.15, 0.2) is 0 Å². The van der Waals surface area contributed by atoms with Crippen LogP contribution in [0.25, 0.3) is 10.6 Å². The molecular weight excluding hydrogens is 287 g/mol. The third-order valence-corrected chi connectivity index (χ3v) is 4.97. The maximum Gasteiger partial charge on any atom is 0.141 e. The van der Waals surface area contributed by atoms with E-state index in [1.165, 1.54) is 17.1 Å². The van der Waals surface area contributed by atoms with Crippen molar-refractivity contribution in [3.8, 4) is 10.6 Å². The van der Waals surface area contributed by atoms with E-state index in [0.29, 0.717) is 5.92 Å². The van der Waals surface area contributed by atoms with Gasteiger partial charge in [-0.3, -0.25) is 9.88 Å². The summed E-state index contributed by atoms with van der Waals surface area (Å²) in [6.45, 7) is 3.27. The first-order valence-corrected chi connectivity index (χ1v) is 8.10. The third-order valence-electron chi connectivity index (χ3n) is 3.88. The fourth-order valence-electron chi connectivity index (χ4n) is 2.79. The molecule has 0 bridgehead atoms. The van der Waals surface area contributed by atoms with Crippen LogP contribution in [-0.4, -0.2) is 34.7 Å². The Morgan fingerprint density at radius 2 is 2.24 bits per heavy atom. The van der Waals surface area contributed by atoms with Gasteiger partial charge in [-0.05, 0) is 49.6 Å². The number of aromatic nitrogens is 1. The normalized spacial score (nSPS) is 19.8. The number of rotatable bonds is 4. The number of halogens is 1. The summed E-state index contributed by atoms with van der Waals surface area (Å²) in [4.78, 5) is 8.88. The van der Waals surface area contributed by atoms with E-state index in [9.17, 15) is 9.50 Å². The van der Waals surface area contributed by atoms with Crippen LogP contribution < -0.4 is 0 Å². The van der Waals surface area contributed by atoms with E-state index in [4.69, 9.17) is 0 Å². The minimum atomic E-state index is -0.307. The Labute approximate surface area is 128 Å². The molecule has 1 fully saturated rings. The van der Waals surface area contributed by atoms with Gasteiger partial charge >= 0.3 is 0 Å². The monoisotopic (exact) mass is 306 g/mol. The molecule has 2 aromatic rings. The molecule has 2 aromatic heterocycles. The molecule has 1 unspecified atom stereocenters. The smallest absolute Gasteiger partial charge is 0.141 e. The van der Waals surface area contributed by atoms with Gasteiger partial charge in [0, 0.05) is 24.6 Å². The Morgan fingerprint density at radius 3 is 3.00 bits per heavy atom. The average Bonchev–Trinajstić information content (AvgIpc) is 2.96. The molecule has 0 radical (unpaired) electrons. The Bertz CT molecular complexity index is 584. The lowest BCUT2D eigenvalue weighted by Gasteiger charge is -2.31. The number of hydrogen-bond acceptors (Lipinski definition) is 4. The van der Waals surface area contributed by atoms with Gasteiger partial charge in [0.25, 0.3) is 0 Å². The third kappa shape index (κ3) is 3.67. The van der Waals surface area contributed by atoms with Crippen molar-refractivity contribution in [1.29, 1.82) is 0 Å². The van der Waals surface area contributed by atoms with Gasteiger partial charge in [0.2, 0.25) is 0 Å². The fraction of sp³-hybridized carbons (Fsp3) is 0.438. The first-order valence-electron chi connectivity index (χ1n) is 7.28. The van der Waals surface area contributed by atoms with Crippen LogP contribution >= 0.6 is 11.3 Å². The van der Waals surface area contributed by atoms with Crippen molar-refractivity contribution in [3.63, 3.8) is 0 Å². The number of thiophene rings is 1. The van der Waals surface area contributed by atoms with Gasteiger partial charge in [-0.1, -0.05) is 0 Å². The van der Waals surface area contributed by atoms with Crippen molar-refractivity contribution in [1.82, 2.24) is 9.88 Å². The van der Waals surface area contributed by atoms with Gasteiger partial charge in [0.05, 0.1) is 16.8 Å². The maximum absolute atomic E-state index is 12.9. The zero-order chi connectivity index (χ0) is 14.7. The van der Waals surface area contributed by atoms with Crippen molar-refractivity contribution < 1.29 is 9.50 Å². The number of piperidine rings is 1. The van der Waals surface area contributed by atoms with E-state index < -0.39 is 0 Å². The van der Waals surface area contributed by atoms with Gasteiger partial charge in [-0.2, -0.15) is 0 Å². The van der Waals surface area contributed by atoms with Crippen LogP contribution in [0.5, 0.6) is 0 Å². The second-order valence-electron chi connectivity index (χ2n) is 5.55. The molecule has 0 saturated carbocycles. The second kappa shape index (κ2) is 6.64. The van der Waals surface area contributed by atoms with Crippen molar-refractivity contribution >= 4 is 11.3 Å². The molecule has 3 nitrogen and oxygen atoms in total. The van der Waals surface area contributed by atoms with Crippen molar-refractivity contribution in [2.45, 2.75) is 19.4 Å². The van der Waals surface area contributed by atoms with Gasteiger partial charge in [-0.15, -0.1) is 11.3 Å². The molecule has 1 N–H and O–H groups in total. The Kier molecular flexibility index (Phi) is 4.63. The number of aliphatic hydroxyl groups excluding tert-OH is 1. The summed E-state index contributed by atoms with van der Waals surface area (Å²) in [5.41, 5.74) is 0.819. The minimum Gasteiger partial charge on any atom is -0.396 e. The summed E-state index contributed by atoms with van der Waals surface area (Å²) in [5.74, 6) is 0.107. The molecule has 0 aliphatic carbocycles. The number of nitrogens with zero attached hydrogens (tertiary/aromatic N) is 2. The molecule has 1 aliphatic heterocycles. The van der Waals surface area contributed by atoms with E-state index in [1.54, 1.807) is 17.4 Å². The highest BCUT2D eigenvalue weighted by Gasteiger charge is 2.19. The van der Waals surface area contributed by atoms with Gasteiger partial charge < -0.3 is 5.11 Å². The first kappa shape index (κ1) is 14.6. The van der Waals surface area contributed by atoms with Crippen molar-refractivity contribution in [3.05, 3.63) is 41.2 Å². The largest absolute Gasteiger partial charge is 0.396 e. The zero-order valence-corrected chi connectivity index (χ0v) is 12.7.